The third-order valence-electron chi connectivity index (χ3n) is 4.19. The minimum absolute atomic E-state index is 0.190. The fourth-order valence-electron chi connectivity index (χ4n) is 2.79. The summed E-state index contributed by atoms with van der Waals surface area (Å²) >= 11 is 0. The molecule has 7 heteroatoms. The molecular formula is C17H22N4O3. The number of hydrogen-bond acceptors (Lipinski definition) is 6. The van der Waals surface area contributed by atoms with Gasteiger partial charge in [-0.15, -0.1) is 0 Å². The molecule has 0 atom stereocenters. The maximum atomic E-state index is 12.4. The van der Waals surface area contributed by atoms with Crippen molar-refractivity contribution in [3.05, 3.63) is 47.6 Å². The zero-order chi connectivity index (χ0) is 16.9. The van der Waals surface area contributed by atoms with E-state index < -0.39 is 0 Å². The summed E-state index contributed by atoms with van der Waals surface area (Å²) in [5, 5.41) is 13.4. The van der Waals surface area contributed by atoms with Crippen LogP contribution in [0.1, 0.15) is 34.8 Å². The highest BCUT2D eigenvalue weighted by atomic mass is 16.5. The molecule has 3 rings (SSSR count). The molecule has 1 amide bonds. The van der Waals surface area contributed by atoms with Gasteiger partial charge in [0.05, 0.1) is 24.9 Å². The molecule has 3 heterocycles. The Hall–Kier alpha value is -2.25. The molecule has 0 aromatic carbocycles. The third kappa shape index (κ3) is 4.18. The SMILES string of the molecule is CN(Cc1ccccn1)C(=O)c1cc(CN2CCC(O)CC2)on1. The molecule has 0 aliphatic carbocycles. The minimum Gasteiger partial charge on any atom is -0.393 e. The van der Waals surface area contributed by atoms with Crippen LogP contribution >= 0.6 is 0 Å². The van der Waals surface area contributed by atoms with Gasteiger partial charge in [0, 0.05) is 32.4 Å². The number of pyridine rings is 1. The van der Waals surface area contributed by atoms with Gasteiger partial charge >= 0.3 is 0 Å². The Morgan fingerprint density at radius 1 is 1.42 bits per heavy atom. The zero-order valence-corrected chi connectivity index (χ0v) is 13.8. The summed E-state index contributed by atoms with van der Waals surface area (Å²) in [5.74, 6) is 0.477. The van der Waals surface area contributed by atoms with Gasteiger partial charge in [-0.1, -0.05) is 11.2 Å². The normalized spacial score (nSPS) is 16.2. The van der Waals surface area contributed by atoms with Crippen LogP contribution in [0.2, 0.25) is 0 Å². The van der Waals surface area contributed by atoms with E-state index in [0.29, 0.717) is 24.5 Å². The summed E-state index contributed by atoms with van der Waals surface area (Å²) in [6.07, 6.45) is 3.05. The van der Waals surface area contributed by atoms with Gasteiger partial charge in [0.1, 0.15) is 0 Å². The van der Waals surface area contributed by atoms with Gasteiger partial charge in [-0.05, 0) is 25.0 Å². The van der Waals surface area contributed by atoms with E-state index in [1.54, 1.807) is 24.2 Å². The molecule has 0 saturated carbocycles. The average molecular weight is 330 g/mol. The quantitative estimate of drug-likeness (QED) is 0.890. The molecule has 24 heavy (non-hydrogen) atoms. The number of nitrogens with zero attached hydrogens (tertiary/aromatic N) is 4. The maximum Gasteiger partial charge on any atom is 0.276 e. The van der Waals surface area contributed by atoms with Crippen LogP contribution in [0, 0.1) is 0 Å². The van der Waals surface area contributed by atoms with Crippen molar-refractivity contribution >= 4 is 5.91 Å². The Kier molecular flexibility index (Phi) is 5.22. The van der Waals surface area contributed by atoms with Crippen molar-refractivity contribution in [2.75, 3.05) is 20.1 Å². The number of likely N-dealkylation sites (tertiary alicyclic amines) is 1. The van der Waals surface area contributed by atoms with Gasteiger partial charge in [-0.3, -0.25) is 14.7 Å². The highest BCUT2D eigenvalue weighted by Gasteiger charge is 2.21. The molecule has 2 aromatic heterocycles. The van der Waals surface area contributed by atoms with Gasteiger partial charge in [0.25, 0.3) is 5.91 Å². The topological polar surface area (TPSA) is 82.7 Å². The van der Waals surface area contributed by atoms with Crippen LogP contribution < -0.4 is 0 Å². The number of carbonyl (C=O) groups excluding carboxylic acids is 1. The predicted molar refractivity (Wildman–Crippen MR) is 87.1 cm³/mol. The monoisotopic (exact) mass is 330 g/mol. The molecule has 7 nitrogen and oxygen atoms in total. The van der Waals surface area contributed by atoms with E-state index in [0.717, 1.165) is 31.6 Å². The standard InChI is InChI=1S/C17H22N4O3/c1-20(11-13-4-2-3-7-18-13)17(23)16-10-15(24-19-16)12-21-8-5-14(22)6-9-21/h2-4,7,10,14,22H,5-6,8-9,11-12H2,1H3. The molecule has 2 aromatic rings. The van der Waals surface area contributed by atoms with Crippen LogP contribution in [0.5, 0.6) is 0 Å². The molecule has 0 radical (unpaired) electrons. The highest BCUT2D eigenvalue weighted by molar-refractivity contribution is 5.92. The number of aliphatic hydroxyl groups excluding tert-OH is 1. The molecule has 1 N–H and O–H groups in total. The van der Waals surface area contributed by atoms with E-state index in [2.05, 4.69) is 15.0 Å². The first-order valence-corrected chi connectivity index (χ1v) is 8.13. The molecule has 0 bridgehead atoms. The molecule has 0 unspecified atom stereocenters. The lowest BCUT2D eigenvalue weighted by Gasteiger charge is -2.28. The van der Waals surface area contributed by atoms with Crippen LogP contribution in [0.3, 0.4) is 0 Å². The zero-order valence-electron chi connectivity index (χ0n) is 13.8. The van der Waals surface area contributed by atoms with Gasteiger partial charge in [0.2, 0.25) is 0 Å². The van der Waals surface area contributed by atoms with E-state index >= 15 is 0 Å². The smallest absolute Gasteiger partial charge is 0.276 e. The summed E-state index contributed by atoms with van der Waals surface area (Å²) in [7, 11) is 1.72. The van der Waals surface area contributed by atoms with Crippen molar-refractivity contribution in [2.24, 2.45) is 0 Å². The van der Waals surface area contributed by atoms with Crippen LogP contribution in [0.25, 0.3) is 0 Å². The van der Waals surface area contributed by atoms with E-state index in [4.69, 9.17) is 4.52 Å². The molecular weight excluding hydrogens is 308 g/mol. The maximum absolute atomic E-state index is 12.4. The lowest BCUT2D eigenvalue weighted by atomic mass is 10.1. The van der Waals surface area contributed by atoms with Crippen molar-refractivity contribution in [3.63, 3.8) is 0 Å². The van der Waals surface area contributed by atoms with Crippen LogP contribution in [0.15, 0.2) is 35.0 Å². The van der Waals surface area contributed by atoms with Crippen molar-refractivity contribution in [1.29, 1.82) is 0 Å². The van der Waals surface area contributed by atoms with Crippen molar-refractivity contribution < 1.29 is 14.4 Å². The first kappa shape index (κ1) is 16.6. The number of amides is 1. The van der Waals surface area contributed by atoms with E-state index in [1.165, 1.54) is 0 Å². The Balaban J connectivity index is 1.57. The lowest BCUT2D eigenvalue weighted by molar-refractivity contribution is 0.0743. The summed E-state index contributed by atoms with van der Waals surface area (Å²) in [5.41, 5.74) is 1.13. The fraction of sp³-hybridized carbons (Fsp3) is 0.471. The molecule has 128 valence electrons. The molecule has 0 spiro atoms. The fourth-order valence-corrected chi connectivity index (χ4v) is 2.79. The van der Waals surface area contributed by atoms with Gasteiger partial charge < -0.3 is 14.5 Å². The Morgan fingerprint density at radius 2 is 2.21 bits per heavy atom. The second-order valence-corrected chi connectivity index (χ2v) is 6.17. The molecule has 1 fully saturated rings. The van der Waals surface area contributed by atoms with Crippen LogP contribution in [0.4, 0.5) is 0 Å². The number of carbonyl (C=O) groups is 1. The van der Waals surface area contributed by atoms with Gasteiger partial charge in [-0.25, -0.2) is 0 Å². The largest absolute Gasteiger partial charge is 0.393 e. The molecule has 1 saturated heterocycles. The van der Waals surface area contributed by atoms with Crippen molar-refractivity contribution in [2.45, 2.75) is 32.0 Å². The van der Waals surface area contributed by atoms with Gasteiger partial charge in [0.15, 0.2) is 11.5 Å². The first-order chi connectivity index (χ1) is 11.6. The van der Waals surface area contributed by atoms with E-state index in [1.807, 2.05) is 18.2 Å². The number of aliphatic hydroxyl groups is 1. The lowest BCUT2D eigenvalue weighted by Crippen LogP contribution is -2.35. The third-order valence-corrected chi connectivity index (χ3v) is 4.19. The summed E-state index contributed by atoms with van der Waals surface area (Å²) in [6, 6.07) is 7.31. The second-order valence-electron chi connectivity index (χ2n) is 6.17. The summed E-state index contributed by atoms with van der Waals surface area (Å²) in [6.45, 7) is 2.68. The average Bonchev–Trinajstić information content (AvgIpc) is 3.05. The Bertz CT molecular complexity index is 665. The Labute approximate surface area is 140 Å². The van der Waals surface area contributed by atoms with Gasteiger partial charge in [-0.2, -0.15) is 0 Å². The number of piperidine rings is 1. The first-order valence-electron chi connectivity index (χ1n) is 8.13. The van der Waals surface area contributed by atoms with Crippen LogP contribution in [-0.4, -0.2) is 57.2 Å². The summed E-state index contributed by atoms with van der Waals surface area (Å²) in [4.78, 5) is 20.4. The minimum atomic E-state index is -0.201. The molecule has 1 aliphatic heterocycles. The second kappa shape index (κ2) is 7.55. The van der Waals surface area contributed by atoms with E-state index in [9.17, 15) is 9.90 Å². The Morgan fingerprint density at radius 3 is 2.92 bits per heavy atom. The highest BCUT2D eigenvalue weighted by Crippen LogP contribution is 2.15. The van der Waals surface area contributed by atoms with Crippen molar-refractivity contribution in [3.8, 4) is 0 Å². The number of rotatable bonds is 5. The number of hydrogen-bond donors (Lipinski definition) is 1. The van der Waals surface area contributed by atoms with E-state index in [-0.39, 0.29) is 12.0 Å². The summed E-state index contributed by atoms with van der Waals surface area (Å²) < 4.78 is 5.30. The van der Waals surface area contributed by atoms with Crippen LogP contribution in [-0.2, 0) is 13.1 Å². The predicted octanol–water partition coefficient (Wildman–Crippen LogP) is 1.30. The number of aromatic nitrogens is 2. The van der Waals surface area contributed by atoms with Crippen molar-refractivity contribution in [1.82, 2.24) is 19.9 Å². The molecule has 1 aliphatic rings.